The number of hydrogen-bond acceptors (Lipinski definition) is 3. The van der Waals surface area contributed by atoms with Crippen LogP contribution in [0, 0.1) is 0 Å². The molecule has 0 aromatic carbocycles. The van der Waals surface area contributed by atoms with Gasteiger partial charge in [0.1, 0.15) is 10.3 Å². The first-order valence-electron chi connectivity index (χ1n) is 5.37. The van der Waals surface area contributed by atoms with Gasteiger partial charge in [0.2, 0.25) is 0 Å². The lowest BCUT2D eigenvalue weighted by Crippen LogP contribution is -2.17. The third-order valence-corrected chi connectivity index (χ3v) is 2.80. The van der Waals surface area contributed by atoms with E-state index in [-0.39, 0.29) is 6.61 Å². The molecule has 0 radical (unpaired) electrons. The lowest BCUT2D eigenvalue weighted by Gasteiger charge is -2.15. The molecule has 1 rings (SSSR count). The fourth-order valence-corrected chi connectivity index (χ4v) is 2.19. The van der Waals surface area contributed by atoms with Gasteiger partial charge in [0.05, 0.1) is 18.6 Å². The Morgan fingerprint density at radius 2 is 2.05 bits per heavy atom. The van der Waals surface area contributed by atoms with Crippen LogP contribution in [-0.4, -0.2) is 17.6 Å². The minimum absolute atomic E-state index is 0.0197. The van der Waals surface area contributed by atoms with Crippen molar-refractivity contribution in [1.82, 2.24) is 4.98 Å². The zero-order valence-electron chi connectivity index (χ0n) is 10.1. The highest BCUT2D eigenvalue weighted by Crippen LogP contribution is 2.38. The Bertz CT molecular complexity index is 504. The molecule has 0 fully saturated rings. The van der Waals surface area contributed by atoms with Gasteiger partial charge >= 0.3 is 12.1 Å². The monoisotopic (exact) mass is 361 g/mol. The maximum absolute atomic E-state index is 12.9. The fraction of sp³-hybridized carbons (Fsp3) is 0.455. The Labute approximate surface area is 119 Å². The molecule has 20 heavy (non-hydrogen) atoms. The van der Waals surface area contributed by atoms with E-state index >= 15 is 0 Å². The quantitative estimate of drug-likeness (QED) is 0.463. The Morgan fingerprint density at radius 3 is 2.50 bits per heavy atom. The number of hydrogen-bond donors (Lipinski definition) is 0. The van der Waals surface area contributed by atoms with E-state index in [0.717, 1.165) is 0 Å². The maximum atomic E-state index is 12.9. The first kappa shape index (κ1) is 16.8. The van der Waals surface area contributed by atoms with E-state index in [0.29, 0.717) is 6.07 Å². The van der Waals surface area contributed by atoms with Crippen LogP contribution >= 0.6 is 15.9 Å². The Kier molecular flexibility index (Phi) is 5.43. The second kappa shape index (κ2) is 6.47. The van der Waals surface area contributed by atoms with Gasteiger partial charge in [0, 0.05) is 0 Å². The fourth-order valence-electron chi connectivity index (χ4n) is 1.50. The molecule has 3 nitrogen and oxygen atoms in total. The molecule has 0 bridgehead atoms. The molecule has 0 aliphatic heterocycles. The van der Waals surface area contributed by atoms with E-state index in [1.165, 1.54) is 6.92 Å². The Balaban J connectivity index is 3.32. The number of carbonyl (C=O) groups is 1. The molecule has 1 aromatic rings. The van der Waals surface area contributed by atoms with E-state index in [1.54, 1.807) is 0 Å². The van der Waals surface area contributed by atoms with Gasteiger partial charge in [-0.05, 0) is 34.5 Å². The number of pyridine rings is 1. The van der Waals surface area contributed by atoms with E-state index in [1.807, 2.05) is 0 Å². The van der Waals surface area contributed by atoms with Gasteiger partial charge in [-0.2, -0.15) is 13.2 Å². The van der Waals surface area contributed by atoms with Crippen molar-refractivity contribution in [2.45, 2.75) is 25.9 Å². The number of carbonyl (C=O) groups excluding carboxylic acids is 1. The molecule has 0 atom stereocenters. The molecule has 1 heterocycles. The van der Waals surface area contributed by atoms with Gasteiger partial charge in [-0.3, -0.25) is 4.79 Å². The van der Waals surface area contributed by atoms with Crippen molar-refractivity contribution in [3.05, 3.63) is 27.5 Å². The van der Waals surface area contributed by atoms with Crippen LogP contribution in [0.25, 0.3) is 0 Å². The Hall–Kier alpha value is -1.25. The predicted octanol–water partition coefficient (Wildman–Crippen LogP) is 3.91. The summed E-state index contributed by atoms with van der Waals surface area (Å²) in [6.07, 6.45) is -8.63. The zero-order chi connectivity index (χ0) is 15.5. The largest absolute Gasteiger partial charge is 0.466 e. The van der Waals surface area contributed by atoms with Gasteiger partial charge in [0.25, 0.3) is 6.43 Å². The lowest BCUT2D eigenvalue weighted by atomic mass is 10.1. The van der Waals surface area contributed by atoms with Crippen molar-refractivity contribution >= 4 is 21.9 Å². The summed E-state index contributed by atoms with van der Waals surface area (Å²) in [5.74, 6) is -0.934. The first-order valence-corrected chi connectivity index (χ1v) is 6.16. The topological polar surface area (TPSA) is 39.2 Å². The molecule has 0 saturated heterocycles. The molecule has 1 aromatic heterocycles. The van der Waals surface area contributed by atoms with Crippen molar-refractivity contribution in [3.8, 4) is 0 Å². The van der Waals surface area contributed by atoms with Gasteiger partial charge in [-0.15, -0.1) is 0 Å². The van der Waals surface area contributed by atoms with Crippen molar-refractivity contribution in [3.63, 3.8) is 0 Å². The number of nitrogens with zero attached hydrogens (tertiary/aromatic N) is 1. The van der Waals surface area contributed by atoms with Crippen molar-refractivity contribution < 1.29 is 31.5 Å². The number of rotatable bonds is 4. The van der Waals surface area contributed by atoms with Crippen LogP contribution in [0.15, 0.2) is 10.7 Å². The predicted molar refractivity (Wildman–Crippen MR) is 62.2 cm³/mol. The summed E-state index contributed by atoms with van der Waals surface area (Å²) >= 11 is 2.51. The SMILES string of the molecule is CCOC(=O)Cc1cc(C(F)F)nc(Br)c1C(F)(F)F. The summed E-state index contributed by atoms with van der Waals surface area (Å²) in [5, 5.41) is 0. The first-order chi connectivity index (χ1) is 9.16. The third-order valence-electron chi connectivity index (χ3n) is 2.22. The molecule has 0 amide bonds. The number of esters is 1. The van der Waals surface area contributed by atoms with Crippen molar-refractivity contribution in [1.29, 1.82) is 0 Å². The maximum Gasteiger partial charge on any atom is 0.419 e. The average Bonchev–Trinajstić information content (AvgIpc) is 2.26. The summed E-state index contributed by atoms with van der Waals surface area (Å²) < 4.78 is 67.5. The molecule has 0 spiro atoms. The number of halogens is 6. The molecule has 0 aliphatic carbocycles. The van der Waals surface area contributed by atoms with Crippen LogP contribution in [0.5, 0.6) is 0 Å². The summed E-state index contributed by atoms with van der Waals surface area (Å²) in [6.45, 7) is 1.46. The highest BCUT2D eigenvalue weighted by atomic mass is 79.9. The van der Waals surface area contributed by atoms with E-state index in [9.17, 15) is 26.7 Å². The molecular weight excluding hydrogens is 353 g/mol. The number of ether oxygens (including phenoxy) is 1. The van der Waals surface area contributed by atoms with Crippen LogP contribution in [0.2, 0.25) is 0 Å². The third kappa shape index (κ3) is 4.12. The van der Waals surface area contributed by atoms with Crippen LogP contribution in [0.4, 0.5) is 22.0 Å². The van der Waals surface area contributed by atoms with E-state index in [4.69, 9.17) is 0 Å². The standard InChI is InChI=1S/C11H9BrF5NO2/c1-2-20-7(19)4-5-3-6(10(13)14)18-9(12)8(5)11(15,16)17/h3,10H,2,4H2,1H3. The van der Waals surface area contributed by atoms with Gasteiger partial charge in [-0.25, -0.2) is 13.8 Å². The van der Waals surface area contributed by atoms with Crippen molar-refractivity contribution in [2.75, 3.05) is 6.61 Å². The summed E-state index contributed by atoms with van der Waals surface area (Å²) in [7, 11) is 0. The molecular formula is C11H9BrF5NO2. The molecule has 0 aliphatic rings. The molecule has 0 saturated carbocycles. The summed E-state index contributed by atoms with van der Waals surface area (Å²) in [6, 6.07) is 0.565. The number of aromatic nitrogens is 1. The smallest absolute Gasteiger partial charge is 0.419 e. The lowest BCUT2D eigenvalue weighted by molar-refractivity contribution is -0.143. The molecule has 0 unspecified atom stereocenters. The van der Waals surface area contributed by atoms with Gasteiger partial charge in [0.15, 0.2) is 0 Å². The van der Waals surface area contributed by atoms with Crippen molar-refractivity contribution in [2.24, 2.45) is 0 Å². The second-order valence-electron chi connectivity index (χ2n) is 3.65. The van der Waals surface area contributed by atoms with Gasteiger partial charge < -0.3 is 4.74 Å². The van der Waals surface area contributed by atoms with E-state index in [2.05, 4.69) is 25.7 Å². The minimum atomic E-state index is -4.83. The van der Waals surface area contributed by atoms with Gasteiger partial charge in [-0.1, -0.05) is 0 Å². The number of alkyl halides is 5. The van der Waals surface area contributed by atoms with Crippen LogP contribution in [0.1, 0.15) is 30.2 Å². The highest BCUT2D eigenvalue weighted by molar-refractivity contribution is 9.10. The van der Waals surface area contributed by atoms with Crippen LogP contribution < -0.4 is 0 Å². The summed E-state index contributed by atoms with van der Waals surface area (Å²) in [4.78, 5) is 14.4. The highest BCUT2D eigenvalue weighted by Gasteiger charge is 2.38. The normalized spacial score (nSPS) is 11.8. The zero-order valence-corrected chi connectivity index (χ0v) is 11.7. The van der Waals surface area contributed by atoms with E-state index < -0.39 is 46.4 Å². The van der Waals surface area contributed by atoms with Crippen LogP contribution in [-0.2, 0) is 22.1 Å². The second-order valence-corrected chi connectivity index (χ2v) is 4.40. The average molecular weight is 362 g/mol. The molecule has 9 heteroatoms. The minimum Gasteiger partial charge on any atom is -0.466 e. The van der Waals surface area contributed by atoms with Crippen LogP contribution in [0.3, 0.4) is 0 Å². The molecule has 0 N–H and O–H groups in total. The summed E-state index contributed by atoms with van der Waals surface area (Å²) in [5.41, 5.74) is -2.70. The Morgan fingerprint density at radius 1 is 1.45 bits per heavy atom. The molecule has 112 valence electrons.